The summed E-state index contributed by atoms with van der Waals surface area (Å²) in [5.74, 6) is 0.794. The maximum absolute atomic E-state index is 12.6. The molecule has 2 fully saturated rings. The Morgan fingerprint density at radius 3 is 2.57 bits per heavy atom. The fraction of sp³-hybridized carbons (Fsp3) is 0.864. The number of carbonyl (C=O) groups excluding carboxylic acids is 3. The monoisotopic (exact) mass is 443 g/mol. The second-order valence-corrected chi connectivity index (χ2v) is 10.4. The lowest BCUT2D eigenvalue weighted by molar-refractivity contribution is -0.143. The number of unbranched alkanes of at least 4 members (excludes halogenated alkanes) is 4. The van der Waals surface area contributed by atoms with Crippen molar-refractivity contribution in [3.8, 4) is 0 Å². The Labute approximate surface area is 184 Å². The van der Waals surface area contributed by atoms with Crippen molar-refractivity contribution in [3.05, 3.63) is 0 Å². The summed E-state index contributed by atoms with van der Waals surface area (Å²) in [6.07, 6.45) is 6.31. The fourth-order valence-corrected chi connectivity index (χ4v) is 5.71. The molecule has 0 spiro atoms. The number of nitrogens with zero attached hydrogens (tertiary/aromatic N) is 1. The molecule has 2 aliphatic rings. The number of carbonyl (C=O) groups is 3. The van der Waals surface area contributed by atoms with Crippen molar-refractivity contribution in [3.63, 3.8) is 0 Å². The molecular formula is C22H37NO6S. The fourth-order valence-electron chi connectivity index (χ4n) is 4.02. The minimum absolute atomic E-state index is 0.0942. The Morgan fingerprint density at radius 1 is 1.13 bits per heavy atom. The minimum atomic E-state index is -0.629. The van der Waals surface area contributed by atoms with E-state index in [1.165, 1.54) is 4.90 Å². The highest BCUT2D eigenvalue weighted by Gasteiger charge is 2.51. The molecule has 3 atom stereocenters. The van der Waals surface area contributed by atoms with Gasteiger partial charge in [0.2, 0.25) is 5.91 Å². The molecule has 0 bridgehead atoms. The average Bonchev–Trinajstić information content (AvgIpc) is 3.18. The molecule has 7 nitrogen and oxygen atoms in total. The van der Waals surface area contributed by atoms with Gasteiger partial charge in [0.1, 0.15) is 5.60 Å². The Hall–Kier alpha value is -1.28. The van der Waals surface area contributed by atoms with Gasteiger partial charge < -0.3 is 14.6 Å². The van der Waals surface area contributed by atoms with E-state index >= 15 is 0 Å². The summed E-state index contributed by atoms with van der Waals surface area (Å²) in [7, 11) is 0. The molecule has 1 N–H and O–H groups in total. The molecule has 2 amide bonds. The van der Waals surface area contributed by atoms with E-state index in [1.54, 1.807) is 20.8 Å². The van der Waals surface area contributed by atoms with Gasteiger partial charge in [0.15, 0.2) is 0 Å². The van der Waals surface area contributed by atoms with E-state index in [2.05, 4.69) is 0 Å². The van der Waals surface area contributed by atoms with E-state index in [4.69, 9.17) is 14.6 Å². The number of hydrogen-bond acceptors (Lipinski definition) is 7. The van der Waals surface area contributed by atoms with Gasteiger partial charge in [-0.2, -0.15) is 11.8 Å². The molecule has 2 aliphatic heterocycles. The number of imide groups is 1. The van der Waals surface area contributed by atoms with Crippen molar-refractivity contribution in [2.75, 3.05) is 19.0 Å². The Balaban J connectivity index is 1.69. The lowest BCUT2D eigenvalue weighted by Crippen LogP contribution is -2.46. The molecule has 0 aromatic carbocycles. The number of rotatable bonds is 11. The van der Waals surface area contributed by atoms with E-state index in [1.807, 2.05) is 11.8 Å². The SMILES string of the molecule is CC(C)(C)OC(=O)N1C(=O)C[C@H]2CS[C@@H](CCCCC(=O)OCCCCCCO)[C@H]21. The van der Waals surface area contributed by atoms with E-state index < -0.39 is 11.7 Å². The number of esters is 1. The van der Waals surface area contributed by atoms with Gasteiger partial charge in [-0.15, -0.1) is 0 Å². The molecule has 0 aromatic rings. The van der Waals surface area contributed by atoms with Crippen molar-refractivity contribution in [2.45, 2.75) is 95.5 Å². The molecule has 30 heavy (non-hydrogen) atoms. The van der Waals surface area contributed by atoms with Crippen LogP contribution < -0.4 is 0 Å². The van der Waals surface area contributed by atoms with Crippen LogP contribution in [0.2, 0.25) is 0 Å². The molecule has 172 valence electrons. The van der Waals surface area contributed by atoms with Gasteiger partial charge in [-0.25, -0.2) is 9.69 Å². The van der Waals surface area contributed by atoms with Gasteiger partial charge in [-0.3, -0.25) is 9.59 Å². The van der Waals surface area contributed by atoms with Gasteiger partial charge in [0.05, 0.1) is 12.6 Å². The van der Waals surface area contributed by atoms with Crippen LogP contribution in [0.15, 0.2) is 0 Å². The number of ether oxygens (including phenoxy) is 2. The summed E-state index contributed by atoms with van der Waals surface area (Å²) in [6, 6.07) is -0.0942. The molecule has 2 saturated heterocycles. The minimum Gasteiger partial charge on any atom is -0.466 e. The van der Waals surface area contributed by atoms with E-state index in [0.717, 1.165) is 50.7 Å². The lowest BCUT2D eigenvalue weighted by Gasteiger charge is -2.29. The van der Waals surface area contributed by atoms with E-state index in [0.29, 0.717) is 19.4 Å². The number of aliphatic hydroxyl groups is 1. The number of aliphatic hydroxyl groups excluding tert-OH is 1. The zero-order valence-electron chi connectivity index (χ0n) is 18.6. The van der Waals surface area contributed by atoms with Gasteiger partial charge in [-0.05, 0) is 64.5 Å². The zero-order chi connectivity index (χ0) is 22.1. The maximum Gasteiger partial charge on any atom is 0.417 e. The van der Waals surface area contributed by atoms with Gasteiger partial charge >= 0.3 is 12.1 Å². The maximum atomic E-state index is 12.6. The molecule has 0 aliphatic carbocycles. The highest BCUT2D eigenvalue weighted by Crippen LogP contribution is 2.44. The summed E-state index contributed by atoms with van der Waals surface area (Å²) in [5.41, 5.74) is -0.629. The van der Waals surface area contributed by atoms with Crippen LogP contribution in [0, 0.1) is 5.92 Å². The van der Waals surface area contributed by atoms with Crippen LogP contribution in [0.5, 0.6) is 0 Å². The summed E-state index contributed by atoms with van der Waals surface area (Å²) < 4.78 is 10.7. The number of fused-ring (bicyclic) bond motifs is 1. The predicted molar refractivity (Wildman–Crippen MR) is 116 cm³/mol. The van der Waals surface area contributed by atoms with Gasteiger partial charge in [-0.1, -0.05) is 12.8 Å². The summed E-state index contributed by atoms with van der Waals surface area (Å²) in [5, 5.41) is 8.94. The summed E-state index contributed by atoms with van der Waals surface area (Å²) in [6.45, 7) is 6.07. The molecule has 8 heteroatoms. The van der Waals surface area contributed by atoms with Crippen LogP contribution in [0.1, 0.15) is 78.6 Å². The highest BCUT2D eigenvalue weighted by molar-refractivity contribution is 8.00. The first-order valence-electron chi connectivity index (χ1n) is 11.2. The Bertz CT molecular complexity index is 591. The van der Waals surface area contributed by atoms with Crippen LogP contribution in [0.4, 0.5) is 4.79 Å². The quantitative estimate of drug-likeness (QED) is 0.382. The second kappa shape index (κ2) is 11.9. The first kappa shape index (κ1) is 25.0. The van der Waals surface area contributed by atoms with Gasteiger partial charge in [0, 0.05) is 24.7 Å². The third-order valence-electron chi connectivity index (χ3n) is 5.42. The third kappa shape index (κ3) is 7.76. The lowest BCUT2D eigenvalue weighted by atomic mass is 9.97. The number of amides is 2. The van der Waals surface area contributed by atoms with Crippen molar-refractivity contribution >= 4 is 29.7 Å². The standard InChI is InChI=1S/C22H37NO6S/c1-22(2,3)29-21(27)23-18(25)14-16-15-30-17(20(16)23)10-6-7-11-19(26)28-13-9-5-4-8-12-24/h16-17,20,24H,4-15H2,1-3H3/t16-,17-,20-/m0/s1. The topological polar surface area (TPSA) is 93.1 Å². The third-order valence-corrected chi connectivity index (χ3v) is 6.98. The molecule has 2 rings (SSSR count). The Morgan fingerprint density at radius 2 is 1.87 bits per heavy atom. The zero-order valence-corrected chi connectivity index (χ0v) is 19.4. The van der Waals surface area contributed by atoms with Crippen LogP contribution >= 0.6 is 11.8 Å². The van der Waals surface area contributed by atoms with Crippen molar-refractivity contribution < 1.29 is 29.0 Å². The Kier molecular flexibility index (Phi) is 9.94. The average molecular weight is 444 g/mol. The molecular weight excluding hydrogens is 406 g/mol. The number of thioether (sulfide) groups is 1. The normalized spacial score (nSPS) is 23.5. The van der Waals surface area contributed by atoms with Crippen molar-refractivity contribution in [2.24, 2.45) is 5.92 Å². The summed E-state index contributed by atoms with van der Waals surface area (Å²) in [4.78, 5) is 38.2. The van der Waals surface area contributed by atoms with E-state index in [-0.39, 0.29) is 35.7 Å². The largest absolute Gasteiger partial charge is 0.466 e. The number of likely N-dealkylation sites (tertiary alicyclic amines) is 1. The highest BCUT2D eigenvalue weighted by atomic mass is 32.2. The summed E-state index contributed by atoms with van der Waals surface area (Å²) >= 11 is 1.82. The van der Waals surface area contributed by atoms with Crippen molar-refractivity contribution in [1.82, 2.24) is 4.90 Å². The van der Waals surface area contributed by atoms with Gasteiger partial charge in [0.25, 0.3) is 0 Å². The molecule has 0 radical (unpaired) electrons. The number of hydrogen-bond donors (Lipinski definition) is 1. The molecule has 0 unspecified atom stereocenters. The smallest absolute Gasteiger partial charge is 0.417 e. The second-order valence-electron chi connectivity index (χ2n) is 9.17. The van der Waals surface area contributed by atoms with E-state index in [9.17, 15) is 14.4 Å². The van der Waals surface area contributed by atoms with Crippen LogP contribution in [-0.4, -0.2) is 63.8 Å². The molecule has 0 saturated carbocycles. The molecule has 0 aromatic heterocycles. The molecule has 2 heterocycles. The first-order valence-corrected chi connectivity index (χ1v) is 12.2. The van der Waals surface area contributed by atoms with Crippen molar-refractivity contribution in [1.29, 1.82) is 0 Å². The predicted octanol–water partition coefficient (Wildman–Crippen LogP) is 3.91. The van der Waals surface area contributed by atoms with Crippen LogP contribution in [0.25, 0.3) is 0 Å². The first-order chi connectivity index (χ1) is 14.2. The van der Waals surface area contributed by atoms with Crippen LogP contribution in [0.3, 0.4) is 0 Å². The van der Waals surface area contributed by atoms with Crippen LogP contribution in [-0.2, 0) is 19.1 Å².